The SMILES string of the molecule is Cc1ccc([C@H]2C[C@@H]2CN(C)c2nc3c(c(NC4(CO)CCC4)n2)[S@](=O)CC3)nc1. The van der Waals surface area contributed by atoms with E-state index in [4.69, 9.17) is 9.97 Å². The number of hydrogen-bond acceptors (Lipinski definition) is 7. The van der Waals surface area contributed by atoms with Crippen molar-refractivity contribution in [2.75, 3.05) is 36.2 Å². The Bertz CT molecular complexity index is 971. The molecular formula is C22H29N5O2S. The van der Waals surface area contributed by atoms with Gasteiger partial charge in [0, 0.05) is 43.6 Å². The number of rotatable bonds is 7. The van der Waals surface area contributed by atoms with Crippen molar-refractivity contribution in [3.05, 3.63) is 35.3 Å². The lowest BCUT2D eigenvalue weighted by atomic mass is 9.77. The second kappa shape index (κ2) is 7.57. The Balaban J connectivity index is 1.35. The van der Waals surface area contributed by atoms with Crippen molar-refractivity contribution in [2.24, 2.45) is 5.92 Å². The minimum absolute atomic E-state index is 0.0664. The van der Waals surface area contributed by atoms with E-state index in [0.717, 1.165) is 42.8 Å². The molecule has 2 N–H and O–H groups in total. The van der Waals surface area contributed by atoms with Crippen molar-refractivity contribution >= 4 is 22.6 Å². The smallest absolute Gasteiger partial charge is 0.227 e. The van der Waals surface area contributed by atoms with E-state index in [2.05, 4.69) is 34.3 Å². The highest BCUT2D eigenvalue weighted by Crippen LogP contribution is 2.47. The third kappa shape index (κ3) is 3.60. The van der Waals surface area contributed by atoms with Crippen LogP contribution in [0, 0.1) is 12.8 Å². The average molecular weight is 428 g/mol. The van der Waals surface area contributed by atoms with Crippen LogP contribution in [0.15, 0.2) is 23.2 Å². The van der Waals surface area contributed by atoms with Crippen LogP contribution in [0.25, 0.3) is 0 Å². The zero-order valence-corrected chi connectivity index (χ0v) is 18.4. The first-order valence-corrected chi connectivity index (χ1v) is 12.1. The normalized spacial score (nSPS) is 26.0. The summed E-state index contributed by atoms with van der Waals surface area (Å²) in [6, 6.07) is 4.26. The summed E-state index contributed by atoms with van der Waals surface area (Å²) in [5.74, 6) is 2.97. The molecule has 2 aromatic rings. The molecule has 0 unspecified atom stereocenters. The molecule has 7 nitrogen and oxygen atoms in total. The van der Waals surface area contributed by atoms with Crippen LogP contribution in [-0.2, 0) is 17.2 Å². The van der Waals surface area contributed by atoms with Gasteiger partial charge in [0.05, 0.1) is 28.6 Å². The van der Waals surface area contributed by atoms with Gasteiger partial charge in [0.2, 0.25) is 5.95 Å². The third-order valence-corrected chi connectivity index (χ3v) is 8.22. The van der Waals surface area contributed by atoms with Crippen molar-refractivity contribution < 1.29 is 9.32 Å². The van der Waals surface area contributed by atoms with Crippen molar-refractivity contribution in [1.82, 2.24) is 15.0 Å². The molecule has 2 saturated carbocycles. The van der Waals surface area contributed by atoms with Crippen LogP contribution < -0.4 is 10.2 Å². The molecule has 0 aromatic carbocycles. The number of aromatic nitrogens is 3. The standard InChI is InChI=1S/C22H29N5O2S/c1-14-4-5-17(23-11-14)16-10-15(16)12-27(2)21-24-18-6-9-30(29)19(18)20(25-21)26-22(13-28)7-3-8-22/h4-5,11,15-16,28H,3,6-10,12-13H2,1-2H3,(H,24,25,26)/t15-,16+,30-/m1/s1. The van der Waals surface area contributed by atoms with Crippen molar-refractivity contribution in [2.45, 2.75) is 55.4 Å². The third-order valence-electron chi connectivity index (χ3n) is 6.76. The fraction of sp³-hybridized carbons (Fsp3) is 0.591. The fourth-order valence-electron chi connectivity index (χ4n) is 4.56. The van der Waals surface area contributed by atoms with Gasteiger partial charge in [-0.2, -0.15) is 4.98 Å². The molecule has 2 aromatic heterocycles. The Morgan fingerprint density at radius 3 is 2.83 bits per heavy atom. The van der Waals surface area contributed by atoms with E-state index in [-0.39, 0.29) is 12.1 Å². The quantitative estimate of drug-likeness (QED) is 0.701. The number of fused-ring (bicyclic) bond motifs is 1. The Hall–Kier alpha value is -2.06. The number of nitrogens with one attached hydrogen (secondary N) is 1. The van der Waals surface area contributed by atoms with Crippen LogP contribution >= 0.6 is 0 Å². The molecule has 3 heterocycles. The lowest BCUT2D eigenvalue weighted by Gasteiger charge is -2.41. The zero-order chi connectivity index (χ0) is 20.9. The first-order valence-electron chi connectivity index (χ1n) is 10.8. The minimum atomic E-state index is -1.07. The van der Waals surface area contributed by atoms with Crippen LogP contribution in [0.4, 0.5) is 11.8 Å². The molecule has 0 bridgehead atoms. The predicted molar refractivity (Wildman–Crippen MR) is 117 cm³/mol. The largest absolute Gasteiger partial charge is 0.394 e. The molecule has 8 heteroatoms. The maximum absolute atomic E-state index is 12.6. The zero-order valence-electron chi connectivity index (χ0n) is 17.6. The number of aliphatic hydroxyl groups excluding tert-OH is 1. The van der Waals surface area contributed by atoms with Crippen LogP contribution in [-0.4, -0.2) is 55.8 Å². The van der Waals surface area contributed by atoms with Gasteiger partial charge in [-0.05, 0) is 50.2 Å². The number of pyridine rings is 1. The molecule has 3 atom stereocenters. The Labute approximate surface area is 179 Å². The topological polar surface area (TPSA) is 91.2 Å². The molecule has 0 spiro atoms. The van der Waals surface area contributed by atoms with Gasteiger partial charge in [0.25, 0.3) is 0 Å². The molecule has 0 amide bonds. The Morgan fingerprint density at radius 1 is 1.33 bits per heavy atom. The highest BCUT2D eigenvalue weighted by Gasteiger charge is 2.41. The second-order valence-electron chi connectivity index (χ2n) is 9.11. The van der Waals surface area contributed by atoms with Crippen molar-refractivity contribution in [3.63, 3.8) is 0 Å². The molecule has 3 aliphatic rings. The summed E-state index contributed by atoms with van der Waals surface area (Å²) in [4.78, 5) is 17.0. The van der Waals surface area contributed by atoms with Crippen LogP contribution in [0.5, 0.6) is 0 Å². The molecule has 2 aliphatic carbocycles. The molecule has 160 valence electrons. The van der Waals surface area contributed by atoms with E-state index in [9.17, 15) is 9.32 Å². The minimum Gasteiger partial charge on any atom is -0.394 e. The Morgan fingerprint density at radius 2 is 2.17 bits per heavy atom. The van der Waals surface area contributed by atoms with Gasteiger partial charge >= 0.3 is 0 Å². The Kier molecular flexibility index (Phi) is 5.01. The molecule has 1 aliphatic heterocycles. The van der Waals surface area contributed by atoms with Gasteiger partial charge in [-0.3, -0.25) is 9.19 Å². The summed E-state index contributed by atoms with van der Waals surface area (Å²) in [6.45, 7) is 2.99. The number of anilines is 2. The maximum Gasteiger partial charge on any atom is 0.227 e. The van der Waals surface area contributed by atoms with Gasteiger partial charge < -0.3 is 15.3 Å². The summed E-state index contributed by atoms with van der Waals surface area (Å²) in [5, 5.41) is 13.3. The fourth-order valence-corrected chi connectivity index (χ4v) is 5.87. The van der Waals surface area contributed by atoms with Crippen molar-refractivity contribution in [3.8, 4) is 0 Å². The van der Waals surface area contributed by atoms with E-state index in [1.54, 1.807) is 0 Å². The molecule has 0 radical (unpaired) electrons. The highest BCUT2D eigenvalue weighted by atomic mass is 32.2. The van der Waals surface area contributed by atoms with Gasteiger partial charge in [-0.25, -0.2) is 4.98 Å². The average Bonchev–Trinajstić information content (AvgIpc) is 3.37. The summed E-state index contributed by atoms with van der Waals surface area (Å²) < 4.78 is 12.6. The van der Waals surface area contributed by atoms with E-state index >= 15 is 0 Å². The maximum atomic E-state index is 12.6. The monoisotopic (exact) mass is 427 g/mol. The first-order chi connectivity index (χ1) is 14.5. The van der Waals surface area contributed by atoms with Crippen LogP contribution in [0.1, 0.15) is 48.6 Å². The summed E-state index contributed by atoms with van der Waals surface area (Å²) in [6.07, 6.45) is 6.70. The second-order valence-corrected chi connectivity index (χ2v) is 10.6. The first kappa shape index (κ1) is 19.9. The molecule has 0 saturated heterocycles. The van der Waals surface area contributed by atoms with Gasteiger partial charge in [0.15, 0.2) is 0 Å². The summed E-state index contributed by atoms with van der Waals surface area (Å²) in [5.41, 5.74) is 2.90. The summed E-state index contributed by atoms with van der Waals surface area (Å²) >= 11 is 0. The highest BCUT2D eigenvalue weighted by molar-refractivity contribution is 7.85. The predicted octanol–water partition coefficient (Wildman–Crippen LogP) is 2.41. The van der Waals surface area contributed by atoms with Gasteiger partial charge in [0.1, 0.15) is 10.7 Å². The number of aryl methyl sites for hydroxylation is 2. The summed E-state index contributed by atoms with van der Waals surface area (Å²) in [7, 11) is 0.956. The van der Waals surface area contributed by atoms with Gasteiger partial charge in [-0.1, -0.05) is 6.07 Å². The molecule has 5 rings (SSSR count). The number of hydrogen-bond donors (Lipinski definition) is 2. The molecule has 2 fully saturated rings. The van der Waals surface area contributed by atoms with Crippen LogP contribution in [0.2, 0.25) is 0 Å². The van der Waals surface area contributed by atoms with E-state index in [1.807, 2.05) is 13.2 Å². The number of aliphatic hydroxyl groups is 1. The van der Waals surface area contributed by atoms with E-state index < -0.39 is 10.8 Å². The molecule has 30 heavy (non-hydrogen) atoms. The van der Waals surface area contributed by atoms with Crippen molar-refractivity contribution in [1.29, 1.82) is 0 Å². The van der Waals surface area contributed by atoms with Gasteiger partial charge in [-0.15, -0.1) is 0 Å². The lowest BCUT2D eigenvalue weighted by molar-refractivity contribution is 0.143. The van der Waals surface area contributed by atoms with Crippen LogP contribution in [0.3, 0.4) is 0 Å². The number of nitrogens with zero attached hydrogens (tertiary/aromatic N) is 4. The molecular weight excluding hydrogens is 398 g/mol. The van der Waals surface area contributed by atoms with E-state index in [0.29, 0.717) is 35.8 Å². The lowest BCUT2D eigenvalue weighted by Crippen LogP contribution is -2.48. The van der Waals surface area contributed by atoms with E-state index in [1.165, 1.54) is 11.3 Å².